The maximum absolute atomic E-state index is 12.7. The van der Waals surface area contributed by atoms with Crippen LogP contribution < -0.4 is 0 Å². The topological polar surface area (TPSA) is 57.9 Å². The van der Waals surface area contributed by atoms with Crippen LogP contribution in [-0.2, 0) is 9.84 Å². The van der Waals surface area contributed by atoms with Crippen LogP contribution in [0.15, 0.2) is 23.1 Å². The Morgan fingerprint density at radius 2 is 2.06 bits per heavy atom. The molecule has 1 aliphatic carbocycles. The Morgan fingerprint density at radius 1 is 1.39 bits per heavy atom. The summed E-state index contributed by atoms with van der Waals surface area (Å²) >= 11 is 0. The summed E-state index contributed by atoms with van der Waals surface area (Å²) in [6, 6.07) is 7.32. The molecule has 3 nitrogen and oxygen atoms in total. The van der Waals surface area contributed by atoms with Crippen LogP contribution in [0.4, 0.5) is 0 Å². The molecule has 0 N–H and O–H groups in total. The van der Waals surface area contributed by atoms with Crippen molar-refractivity contribution in [2.45, 2.75) is 43.3 Å². The fourth-order valence-corrected chi connectivity index (χ4v) is 4.89. The molecule has 1 saturated carbocycles. The standard InChI is InChI=1S/C14H17NO2S/c1-10-4-5-13(11(2)8-10)18(16,17)14(9-15)7-6-12(14)3/h4-5,8,12H,6-7H2,1-3H3. The molecule has 1 aromatic rings. The minimum atomic E-state index is -3.57. The molecule has 0 heterocycles. The Labute approximate surface area is 108 Å². The zero-order valence-electron chi connectivity index (χ0n) is 10.9. The largest absolute Gasteiger partial charge is 0.222 e. The molecule has 0 bridgehead atoms. The van der Waals surface area contributed by atoms with E-state index in [-0.39, 0.29) is 5.92 Å². The number of hydrogen-bond acceptors (Lipinski definition) is 3. The first-order valence-corrected chi connectivity index (χ1v) is 7.56. The van der Waals surface area contributed by atoms with Gasteiger partial charge in [0, 0.05) is 0 Å². The normalized spacial score (nSPS) is 27.3. The van der Waals surface area contributed by atoms with Crippen molar-refractivity contribution in [3.05, 3.63) is 29.3 Å². The molecule has 1 aliphatic rings. The molecule has 0 aromatic heterocycles. The van der Waals surface area contributed by atoms with Gasteiger partial charge in [-0.3, -0.25) is 0 Å². The molecule has 1 aromatic carbocycles. The fourth-order valence-electron chi connectivity index (χ4n) is 2.62. The first-order valence-electron chi connectivity index (χ1n) is 6.08. The van der Waals surface area contributed by atoms with Gasteiger partial charge in [0.2, 0.25) is 0 Å². The lowest BCUT2D eigenvalue weighted by Gasteiger charge is -2.41. The molecule has 2 unspecified atom stereocenters. The molecule has 0 aliphatic heterocycles. The highest BCUT2D eigenvalue weighted by atomic mass is 32.2. The molecule has 1 fully saturated rings. The molecular weight excluding hydrogens is 246 g/mol. The lowest BCUT2D eigenvalue weighted by atomic mass is 9.75. The number of nitriles is 1. The van der Waals surface area contributed by atoms with Crippen molar-refractivity contribution >= 4 is 9.84 Å². The van der Waals surface area contributed by atoms with E-state index in [9.17, 15) is 13.7 Å². The van der Waals surface area contributed by atoms with Gasteiger partial charge in [0.15, 0.2) is 14.6 Å². The molecule has 0 radical (unpaired) electrons. The van der Waals surface area contributed by atoms with Crippen LogP contribution in [0.25, 0.3) is 0 Å². The second-order valence-electron chi connectivity index (χ2n) is 5.21. The number of rotatable bonds is 2. The lowest BCUT2D eigenvalue weighted by Crippen LogP contribution is -2.51. The summed E-state index contributed by atoms with van der Waals surface area (Å²) in [7, 11) is -3.57. The van der Waals surface area contributed by atoms with Crippen LogP contribution in [0.2, 0.25) is 0 Å². The third-order valence-corrected chi connectivity index (χ3v) is 6.73. The maximum Gasteiger partial charge on any atom is 0.197 e. The second-order valence-corrected chi connectivity index (χ2v) is 7.39. The summed E-state index contributed by atoms with van der Waals surface area (Å²) < 4.78 is 24.2. The molecule has 0 amide bonds. The van der Waals surface area contributed by atoms with E-state index >= 15 is 0 Å². The van der Waals surface area contributed by atoms with E-state index in [2.05, 4.69) is 6.07 Å². The average molecular weight is 263 g/mol. The Hall–Kier alpha value is -1.34. The Balaban J connectivity index is 2.60. The van der Waals surface area contributed by atoms with Crippen molar-refractivity contribution in [1.82, 2.24) is 0 Å². The van der Waals surface area contributed by atoms with E-state index in [4.69, 9.17) is 0 Å². The molecule has 2 atom stereocenters. The summed E-state index contributed by atoms with van der Waals surface area (Å²) in [5.41, 5.74) is 1.75. The van der Waals surface area contributed by atoms with E-state index in [0.717, 1.165) is 17.5 Å². The van der Waals surface area contributed by atoms with E-state index in [1.807, 2.05) is 19.9 Å². The first kappa shape index (κ1) is 13.1. The molecule has 0 saturated heterocycles. The minimum absolute atomic E-state index is 0.0896. The van der Waals surface area contributed by atoms with E-state index in [0.29, 0.717) is 11.3 Å². The Morgan fingerprint density at radius 3 is 2.44 bits per heavy atom. The number of benzene rings is 1. The molecule has 18 heavy (non-hydrogen) atoms. The smallest absolute Gasteiger partial charge is 0.197 e. The number of aryl methyl sites for hydroxylation is 2. The summed E-state index contributed by atoms with van der Waals surface area (Å²) in [4.78, 5) is 0.307. The van der Waals surface area contributed by atoms with Crippen molar-refractivity contribution in [1.29, 1.82) is 5.26 Å². The van der Waals surface area contributed by atoms with Gasteiger partial charge < -0.3 is 0 Å². The summed E-state index contributed by atoms with van der Waals surface area (Å²) in [6.07, 6.45) is 1.25. The maximum atomic E-state index is 12.7. The van der Waals surface area contributed by atoms with Gasteiger partial charge in [-0.1, -0.05) is 24.6 Å². The number of nitrogens with zero attached hydrogens (tertiary/aromatic N) is 1. The van der Waals surface area contributed by atoms with Crippen molar-refractivity contribution in [3.63, 3.8) is 0 Å². The van der Waals surface area contributed by atoms with Gasteiger partial charge in [0.25, 0.3) is 0 Å². The van der Waals surface area contributed by atoms with Crippen LogP contribution in [-0.4, -0.2) is 13.2 Å². The van der Waals surface area contributed by atoms with E-state index in [1.165, 1.54) is 0 Å². The van der Waals surface area contributed by atoms with E-state index < -0.39 is 14.6 Å². The average Bonchev–Trinajstić information content (AvgIpc) is 2.27. The lowest BCUT2D eigenvalue weighted by molar-refractivity contribution is 0.279. The van der Waals surface area contributed by atoms with Crippen molar-refractivity contribution in [2.24, 2.45) is 5.92 Å². The molecule has 0 spiro atoms. The summed E-state index contributed by atoms with van der Waals surface area (Å²) in [6.45, 7) is 5.55. The van der Waals surface area contributed by atoms with Gasteiger partial charge in [0.05, 0.1) is 11.0 Å². The third kappa shape index (κ3) is 1.58. The first-order chi connectivity index (χ1) is 8.35. The minimum Gasteiger partial charge on any atom is -0.222 e. The molecule has 96 valence electrons. The highest BCUT2D eigenvalue weighted by Gasteiger charge is 2.55. The zero-order valence-corrected chi connectivity index (χ0v) is 11.7. The van der Waals surface area contributed by atoms with Crippen LogP contribution in [0, 0.1) is 31.1 Å². The van der Waals surface area contributed by atoms with Crippen molar-refractivity contribution in [3.8, 4) is 6.07 Å². The van der Waals surface area contributed by atoms with Gasteiger partial charge in [-0.25, -0.2) is 8.42 Å². The number of hydrogen-bond donors (Lipinski definition) is 0. The van der Waals surface area contributed by atoms with Crippen LogP contribution in [0.5, 0.6) is 0 Å². The van der Waals surface area contributed by atoms with Crippen molar-refractivity contribution in [2.75, 3.05) is 0 Å². The van der Waals surface area contributed by atoms with Gasteiger partial charge in [0.1, 0.15) is 0 Å². The number of sulfone groups is 1. The highest BCUT2D eigenvalue weighted by Crippen LogP contribution is 2.47. The van der Waals surface area contributed by atoms with Crippen LogP contribution >= 0.6 is 0 Å². The Bertz CT molecular complexity index is 628. The predicted molar refractivity (Wildman–Crippen MR) is 69.8 cm³/mol. The van der Waals surface area contributed by atoms with Crippen LogP contribution in [0.3, 0.4) is 0 Å². The predicted octanol–water partition coefficient (Wildman–Crippen LogP) is 2.77. The SMILES string of the molecule is Cc1ccc(S(=O)(=O)C2(C#N)CCC2C)c(C)c1. The van der Waals surface area contributed by atoms with E-state index in [1.54, 1.807) is 19.1 Å². The monoisotopic (exact) mass is 263 g/mol. The van der Waals surface area contributed by atoms with Gasteiger partial charge in [-0.15, -0.1) is 0 Å². The summed E-state index contributed by atoms with van der Waals surface area (Å²) in [5, 5.41) is 9.32. The van der Waals surface area contributed by atoms with Crippen LogP contribution in [0.1, 0.15) is 30.9 Å². The van der Waals surface area contributed by atoms with Gasteiger partial charge >= 0.3 is 0 Å². The summed E-state index contributed by atoms with van der Waals surface area (Å²) in [5.74, 6) is -0.0896. The second kappa shape index (κ2) is 4.10. The van der Waals surface area contributed by atoms with Gasteiger partial charge in [-0.05, 0) is 44.2 Å². The molecule has 4 heteroatoms. The zero-order chi connectivity index (χ0) is 13.6. The fraction of sp³-hybridized carbons (Fsp3) is 0.500. The molecule has 2 rings (SSSR count). The van der Waals surface area contributed by atoms with Gasteiger partial charge in [-0.2, -0.15) is 5.26 Å². The van der Waals surface area contributed by atoms with Crippen molar-refractivity contribution < 1.29 is 8.42 Å². The molecular formula is C14H17NO2S. The Kier molecular flexibility index (Phi) is 2.98. The highest BCUT2D eigenvalue weighted by molar-refractivity contribution is 7.93. The quantitative estimate of drug-likeness (QED) is 0.824. The third-order valence-electron chi connectivity index (χ3n) is 4.03.